The van der Waals surface area contributed by atoms with Crippen LogP contribution >= 0.6 is 0 Å². The summed E-state index contributed by atoms with van der Waals surface area (Å²) in [7, 11) is 0. The van der Waals surface area contributed by atoms with Crippen LogP contribution in [-0.4, -0.2) is 23.4 Å². The number of hydrogen-bond acceptors (Lipinski definition) is 3. The topological polar surface area (TPSA) is 41.6 Å². The molecule has 74 valence electrons. The highest BCUT2D eigenvalue weighted by atomic mass is 15.5. The average molecular weight is 189 g/mol. The minimum absolute atomic E-state index is 0.0511. The van der Waals surface area contributed by atoms with E-state index in [4.69, 9.17) is 5.73 Å². The van der Waals surface area contributed by atoms with Gasteiger partial charge in [-0.15, -0.1) is 0 Å². The van der Waals surface area contributed by atoms with E-state index in [2.05, 4.69) is 24.2 Å². The summed E-state index contributed by atoms with van der Waals surface area (Å²) >= 11 is 0. The van der Waals surface area contributed by atoms with Crippen LogP contribution in [0, 0.1) is 0 Å². The molecule has 14 heavy (non-hydrogen) atoms. The predicted octanol–water partition coefficient (Wildman–Crippen LogP) is 1.40. The molecule has 0 radical (unpaired) electrons. The second-order valence-electron chi connectivity index (χ2n) is 3.44. The highest BCUT2D eigenvalue weighted by Gasteiger charge is 2.21. The summed E-state index contributed by atoms with van der Waals surface area (Å²) in [5, 5.41) is 6.42. The molecule has 0 saturated heterocycles. The Kier molecular flexibility index (Phi) is 2.50. The molecule has 1 unspecified atom stereocenters. The molecular weight excluding hydrogens is 174 g/mol. The lowest BCUT2D eigenvalue weighted by Crippen LogP contribution is -2.34. The highest BCUT2D eigenvalue weighted by Crippen LogP contribution is 2.16. The highest BCUT2D eigenvalue weighted by molar-refractivity contribution is 6.01. The van der Waals surface area contributed by atoms with Crippen molar-refractivity contribution in [2.24, 2.45) is 10.8 Å². The van der Waals surface area contributed by atoms with Gasteiger partial charge in [0.2, 0.25) is 0 Å². The van der Waals surface area contributed by atoms with Crippen molar-refractivity contribution in [3.8, 4) is 0 Å². The number of benzene rings is 1. The van der Waals surface area contributed by atoms with E-state index in [-0.39, 0.29) is 6.17 Å². The number of hydrogen-bond donors (Lipinski definition) is 1. The van der Waals surface area contributed by atoms with Crippen molar-refractivity contribution in [1.29, 1.82) is 0 Å². The van der Waals surface area contributed by atoms with Crippen LogP contribution in [0.2, 0.25) is 0 Å². The van der Waals surface area contributed by atoms with Crippen molar-refractivity contribution in [3.05, 3.63) is 35.9 Å². The molecule has 1 aliphatic rings. The van der Waals surface area contributed by atoms with Crippen molar-refractivity contribution in [2.45, 2.75) is 19.5 Å². The Bertz CT molecular complexity index is 332. The molecule has 1 atom stereocenters. The van der Waals surface area contributed by atoms with Gasteiger partial charge in [0.05, 0.1) is 11.9 Å². The molecule has 2 N–H and O–H groups in total. The third kappa shape index (κ3) is 1.63. The van der Waals surface area contributed by atoms with Crippen molar-refractivity contribution in [3.63, 3.8) is 0 Å². The molecule has 0 saturated carbocycles. The van der Waals surface area contributed by atoms with E-state index in [1.807, 2.05) is 23.2 Å². The van der Waals surface area contributed by atoms with E-state index in [9.17, 15) is 0 Å². The molecule has 3 heteroatoms. The molecule has 0 aromatic heterocycles. The molecule has 1 aromatic rings. The first-order chi connectivity index (χ1) is 6.81. The van der Waals surface area contributed by atoms with E-state index in [1.54, 1.807) is 0 Å². The summed E-state index contributed by atoms with van der Waals surface area (Å²) < 4.78 is 0. The lowest BCUT2D eigenvalue weighted by Gasteiger charge is -2.16. The summed E-state index contributed by atoms with van der Waals surface area (Å²) in [6.07, 6.45) is 0.896. The van der Waals surface area contributed by atoms with Gasteiger partial charge in [-0.1, -0.05) is 30.3 Å². The van der Waals surface area contributed by atoms with Crippen LogP contribution in [0.15, 0.2) is 35.4 Å². The first kappa shape index (κ1) is 9.21. The fraction of sp³-hybridized carbons (Fsp3) is 0.364. The van der Waals surface area contributed by atoms with Gasteiger partial charge in [0.25, 0.3) is 0 Å². The molecule has 0 spiro atoms. The SMILES string of the molecule is CCN1N=C(c2ccccc2)CC1N. The molecule has 3 nitrogen and oxygen atoms in total. The second kappa shape index (κ2) is 3.80. The average Bonchev–Trinajstić information content (AvgIpc) is 2.61. The van der Waals surface area contributed by atoms with Crippen LogP contribution in [0.1, 0.15) is 18.9 Å². The van der Waals surface area contributed by atoms with E-state index in [0.29, 0.717) is 0 Å². The first-order valence-corrected chi connectivity index (χ1v) is 4.96. The quantitative estimate of drug-likeness (QED) is 0.764. The minimum Gasteiger partial charge on any atom is -0.310 e. The summed E-state index contributed by atoms with van der Waals surface area (Å²) in [5.41, 5.74) is 8.21. The zero-order valence-electron chi connectivity index (χ0n) is 8.35. The van der Waals surface area contributed by atoms with Gasteiger partial charge in [-0.3, -0.25) is 5.01 Å². The van der Waals surface area contributed by atoms with Gasteiger partial charge in [-0.2, -0.15) is 5.10 Å². The monoisotopic (exact) mass is 189 g/mol. The van der Waals surface area contributed by atoms with Gasteiger partial charge < -0.3 is 5.73 Å². The van der Waals surface area contributed by atoms with Crippen LogP contribution in [0.3, 0.4) is 0 Å². The number of hydrazone groups is 1. The maximum absolute atomic E-state index is 5.93. The number of nitrogens with two attached hydrogens (primary N) is 1. The van der Waals surface area contributed by atoms with Gasteiger partial charge in [0.15, 0.2) is 0 Å². The van der Waals surface area contributed by atoms with Gasteiger partial charge in [-0.25, -0.2) is 0 Å². The van der Waals surface area contributed by atoms with Gasteiger partial charge in [-0.05, 0) is 12.5 Å². The van der Waals surface area contributed by atoms with E-state index < -0.39 is 0 Å². The Balaban J connectivity index is 2.22. The van der Waals surface area contributed by atoms with Gasteiger partial charge in [0.1, 0.15) is 0 Å². The van der Waals surface area contributed by atoms with Crippen LogP contribution in [0.25, 0.3) is 0 Å². The third-order valence-electron chi connectivity index (χ3n) is 2.47. The standard InChI is InChI=1S/C11H15N3/c1-2-14-11(12)8-10(13-14)9-6-4-3-5-7-9/h3-7,11H,2,8,12H2,1H3. The fourth-order valence-corrected chi connectivity index (χ4v) is 1.68. The lowest BCUT2D eigenvalue weighted by molar-refractivity contribution is 0.248. The zero-order chi connectivity index (χ0) is 9.97. The predicted molar refractivity (Wildman–Crippen MR) is 58.0 cm³/mol. The molecule has 0 aliphatic carbocycles. The Morgan fingerprint density at radius 2 is 2.14 bits per heavy atom. The summed E-state index contributed by atoms with van der Waals surface area (Å²) in [4.78, 5) is 0. The van der Waals surface area contributed by atoms with Crippen LogP contribution in [-0.2, 0) is 0 Å². The van der Waals surface area contributed by atoms with Crippen molar-refractivity contribution >= 4 is 5.71 Å². The number of rotatable bonds is 2. The molecular formula is C11H15N3. The molecule has 0 bridgehead atoms. The summed E-state index contributed by atoms with van der Waals surface area (Å²) in [6.45, 7) is 2.94. The van der Waals surface area contributed by atoms with Crippen molar-refractivity contribution < 1.29 is 0 Å². The molecule has 2 rings (SSSR count). The molecule has 0 fully saturated rings. The first-order valence-electron chi connectivity index (χ1n) is 4.96. The van der Waals surface area contributed by atoms with Crippen LogP contribution < -0.4 is 5.73 Å². The maximum atomic E-state index is 5.93. The van der Waals surface area contributed by atoms with Gasteiger partial charge >= 0.3 is 0 Å². The van der Waals surface area contributed by atoms with E-state index in [0.717, 1.165) is 18.7 Å². The zero-order valence-corrected chi connectivity index (χ0v) is 8.35. The minimum atomic E-state index is 0.0511. The molecule has 1 aliphatic heterocycles. The lowest BCUT2D eigenvalue weighted by atomic mass is 10.1. The largest absolute Gasteiger partial charge is 0.310 e. The summed E-state index contributed by atoms with van der Waals surface area (Å²) in [5.74, 6) is 0. The van der Waals surface area contributed by atoms with Crippen molar-refractivity contribution in [1.82, 2.24) is 5.01 Å². The van der Waals surface area contributed by atoms with Crippen molar-refractivity contribution in [2.75, 3.05) is 6.54 Å². The Morgan fingerprint density at radius 1 is 1.43 bits per heavy atom. The Labute approximate surface area is 84.2 Å². The normalized spacial score (nSPS) is 21.1. The van der Waals surface area contributed by atoms with Crippen LogP contribution in [0.4, 0.5) is 0 Å². The molecule has 1 heterocycles. The van der Waals surface area contributed by atoms with Gasteiger partial charge in [0, 0.05) is 13.0 Å². The Hall–Kier alpha value is -1.35. The molecule has 0 amide bonds. The smallest absolute Gasteiger partial charge is 0.0996 e. The van der Waals surface area contributed by atoms with E-state index in [1.165, 1.54) is 5.56 Å². The molecule has 1 aromatic carbocycles. The van der Waals surface area contributed by atoms with E-state index >= 15 is 0 Å². The second-order valence-corrected chi connectivity index (χ2v) is 3.44. The number of nitrogens with zero attached hydrogens (tertiary/aromatic N) is 2. The summed E-state index contributed by atoms with van der Waals surface area (Å²) in [6, 6.07) is 10.2. The van der Waals surface area contributed by atoms with Crippen LogP contribution in [0.5, 0.6) is 0 Å². The fourth-order valence-electron chi connectivity index (χ4n) is 1.68. The maximum Gasteiger partial charge on any atom is 0.0996 e. The Morgan fingerprint density at radius 3 is 2.71 bits per heavy atom. The third-order valence-corrected chi connectivity index (χ3v) is 2.47.